The van der Waals surface area contributed by atoms with Crippen molar-refractivity contribution in [2.45, 2.75) is 64.7 Å². The average Bonchev–Trinajstić information content (AvgIpc) is 3.27. The fourth-order valence-electron chi connectivity index (χ4n) is 6.20. The molecule has 4 heterocycles. The maximum absolute atomic E-state index is 14.0. The molecule has 0 unspecified atom stereocenters. The molecule has 7 heteroatoms. The summed E-state index contributed by atoms with van der Waals surface area (Å²) in [7, 11) is 0. The molecule has 1 aromatic carbocycles. The van der Waals surface area contributed by atoms with Crippen molar-refractivity contribution in [3.8, 4) is 0 Å². The molecule has 0 atom stereocenters. The number of carbonyl (C=O) groups excluding carboxylic acids is 1. The van der Waals surface area contributed by atoms with Crippen molar-refractivity contribution in [1.29, 1.82) is 0 Å². The number of hydrogen-bond donors (Lipinski definition) is 1. The third-order valence-electron chi connectivity index (χ3n) is 8.10. The maximum atomic E-state index is 14.0. The molecule has 1 saturated carbocycles. The maximum Gasteiger partial charge on any atom is 0.230 e. The molecule has 3 fully saturated rings. The molecular formula is C28H36N4O3. The van der Waals surface area contributed by atoms with Crippen molar-refractivity contribution in [2.75, 3.05) is 41.4 Å². The number of amides is 1. The van der Waals surface area contributed by atoms with E-state index in [-0.39, 0.29) is 24.0 Å². The van der Waals surface area contributed by atoms with Crippen molar-refractivity contribution in [3.05, 3.63) is 42.1 Å². The number of nitrogens with one attached hydrogen (secondary N) is 1. The van der Waals surface area contributed by atoms with Gasteiger partial charge in [-0.25, -0.2) is 4.98 Å². The number of fused-ring (bicyclic) bond motifs is 2. The van der Waals surface area contributed by atoms with Gasteiger partial charge in [-0.05, 0) is 70.2 Å². The summed E-state index contributed by atoms with van der Waals surface area (Å²) in [6.45, 7) is 8.49. The van der Waals surface area contributed by atoms with Crippen LogP contribution in [0.25, 0.3) is 0 Å². The van der Waals surface area contributed by atoms with Gasteiger partial charge < -0.3 is 24.6 Å². The Morgan fingerprint density at radius 2 is 2.03 bits per heavy atom. The number of rotatable bonds is 4. The van der Waals surface area contributed by atoms with Gasteiger partial charge in [-0.1, -0.05) is 6.07 Å². The fraction of sp³-hybridized carbons (Fsp3) is 0.571. The summed E-state index contributed by atoms with van der Waals surface area (Å²) in [5, 5.41) is 3.51. The molecule has 2 saturated heterocycles. The Morgan fingerprint density at radius 1 is 1.20 bits per heavy atom. The van der Waals surface area contributed by atoms with Crippen LogP contribution in [0.1, 0.15) is 51.5 Å². The van der Waals surface area contributed by atoms with Gasteiger partial charge in [-0.2, -0.15) is 0 Å². The second-order valence-electron chi connectivity index (χ2n) is 11.1. The lowest BCUT2D eigenvalue weighted by Gasteiger charge is -2.48. The van der Waals surface area contributed by atoms with E-state index in [1.165, 1.54) is 5.69 Å². The van der Waals surface area contributed by atoms with Crippen LogP contribution in [0.5, 0.6) is 0 Å². The lowest BCUT2D eigenvalue weighted by Crippen LogP contribution is -2.57. The standard InChI is InChI=1S/C28H36N4O3/c1-19(2)35-23-8-5-20(6-9-23)27(33)32-15-21-4-3-12-29-26(21)30-24-10-7-22(14-25(24)32)31-16-28(17-31)11-13-34-18-28/h3-4,7,10,12,14,19-20,23H,5-6,8-9,11,13,15-18H2,1-2H3,(H,29,30)/t20-,23-. The molecule has 1 aromatic heterocycles. The number of aromatic nitrogens is 1. The molecule has 1 aliphatic carbocycles. The zero-order chi connectivity index (χ0) is 24.0. The minimum atomic E-state index is 0.0275. The first-order valence-electron chi connectivity index (χ1n) is 13.1. The van der Waals surface area contributed by atoms with E-state index in [0.717, 1.165) is 81.2 Å². The number of anilines is 4. The van der Waals surface area contributed by atoms with Crippen molar-refractivity contribution in [2.24, 2.45) is 11.3 Å². The van der Waals surface area contributed by atoms with Crippen LogP contribution in [0, 0.1) is 11.3 Å². The largest absolute Gasteiger partial charge is 0.381 e. The SMILES string of the molecule is CC(C)O[C@H]1CC[C@H](C(=O)N2Cc3cccnc3Nc3ccc(N4CC5(CCOC5)C4)cc32)CC1. The zero-order valence-corrected chi connectivity index (χ0v) is 20.8. The number of pyridine rings is 1. The molecule has 186 valence electrons. The molecule has 0 radical (unpaired) electrons. The fourth-order valence-corrected chi connectivity index (χ4v) is 6.20. The van der Waals surface area contributed by atoms with Gasteiger partial charge in [-0.15, -0.1) is 0 Å². The van der Waals surface area contributed by atoms with Crippen LogP contribution in [-0.2, 0) is 20.8 Å². The smallest absolute Gasteiger partial charge is 0.230 e. The highest BCUT2D eigenvalue weighted by atomic mass is 16.5. The van der Waals surface area contributed by atoms with Crippen LogP contribution >= 0.6 is 0 Å². The molecule has 4 aliphatic rings. The average molecular weight is 477 g/mol. The van der Waals surface area contributed by atoms with E-state index >= 15 is 0 Å². The van der Waals surface area contributed by atoms with E-state index in [1.54, 1.807) is 6.20 Å². The van der Waals surface area contributed by atoms with Gasteiger partial charge in [-0.3, -0.25) is 4.79 Å². The molecule has 6 rings (SSSR count). The van der Waals surface area contributed by atoms with Gasteiger partial charge in [0.05, 0.1) is 36.7 Å². The Balaban J connectivity index is 1.26. The van der Waals surface area contributed by atoms with E-state index in [2.05, 4.69) is 53.3 Å². The van der Waals surface area contributed by atoms with Gasteiger partial charge in [0.2, 0.25) is 5.91 Å². The molecule has 35 heavy (non-hydrogen) atoms. The van der Waals surface area contributed by atoms with Crippen molar-refractivity contribution < 1.29 is 14.3 Å². The summed E-state index contributed by atoms with van der Waals surface area (Å²) in [6.07, 6.45) is 7.10. The monoisotopic (exact) mass is 476 g/mol. The van der Waals surface area contributed by atoms with Crippen LogP contribution in [-0.4, -0.2) is 49.4 Å². The summed E-state index contributed by atoms with van der Waals surface area (Å²) in [6, 6.07) is 10.5. The minimum Gasteiger partial charge on any atom is -0.381 e. The Morgan fingerprint density at radius 3 is 2.77 bits per heavy atom. The highest BCUT2D eigenvalue weighted by Gasteiger charge is 2.46. The Kier molecular flexibility index (Phi) is 5.93. The predicted octanol–water partition coefficient (Wildman–Crippen LogP) is 4.88. The molecule has 7 nitrogen and oxygen atoms in total. The second kappa shape index (κ2) is 9.10. The van der Waals surface area contributed by atoms with Gasteiger partial charge in [0.1, 0.15) is 5.82 Å². The Bertz CT molecular complexity index is 1080. The van der Waals surface area contributed by atoms with Crippen LogP contribution in [0.4, 0.5) is 22.9 Å². The van der Waals surface area contributed by atoms with Crippen LogP contribution in [0.3, 0.4) is 0 Å². The van der Waals surface area contributed by atoms with E-state index in [1.807, 2.05) is 11.0 Å². The molecule has 1 spiro atoms. The van der Waals surface area contributed by atoms with E-state index in [9.17, 15) is 4.79 Å². The van der Waals surface area contributed by atoms with E-state index in [0.29, 0.717) is 12.0 Å². The minimum absolute atomic E-state index is 0.0275. The lowest BCUT2D eigenvalue weighted by molar-refractivity contribution is -0.124. The number of ether oxygens (including phenoxy) is 2. The first-order valence-corrected chi connectivity index (χ1v) is 13.1. The Labute approximate surface area is 207 Å². The number of nitrogens with zero attached hydrogens (tertiary/aromatic N) is 3. The van der Waals surface area contributed by atoms with E-state index < -0.39 is 0 Å². The quantitative estimate of drug-likeness (QED) is 0.678. The van der Waals surface area contributed by atoms with Gasteiger partial charge >= 0.3 is 0 Å². The van der Waals surface area contributed by atoms with Gasteiger partial charge in [0.15, 0.2) is 0 Å². The molecule has 2 aromatic rings. The second-order valence-corrected chi connectivity index (χ2v) is 11.1. The number of carbonyl (C=O) groups is 1. The summed E-state index contributed by atoms with van der Waals surface area (Å²) in [4.78, 5) is 23.0. The normalized spacial score (nSPS) is 25.0. The van der Waals surface area contributed by atoms with Crippen LogP contribution < -0.4 is 15.1 Å². The topological polar surface area (TPSA) is 66.9 Å². The molecular weight excluding hydrogens is 440 g/mol. The molecule has 1 amide bonds. The molecule has 1 N–H and O–H groups in total. The third kappa shape index (κ3) is 4.40. The zero-order valence-electron chi connectivity index (χ0n) is 20.8. The summed E-state index contributed by atoms with van der Waals surface area (Å²) in [5.74, 6) is 1.07. The number of hydrogen-bond acceptors (Lipinski definition) is 6. The first-order chi connectivity index (χ1) is 17.0. The van der Waals surface area contributed by atoms with Gasteiger partial charge in [0, 0.05) is 48.5 Å². The summed E-state index contributed by atoms with van der Waals surface area (Å²) in [5.41, 5.74) is 4.43. The van der Waals surface area contributed by atoms with E-state index in [4.69, 9.17) is 9.47 Å². The molecule has 3 aliphatic heterocycles. The third-order valence-corrected chi connectivity index (χ3v) is 8.10. The number of benzene rings is 1. The van der Waals surface area contributed by atoms with Crippen LogP contribution in [0.2, 0.25) is 0 Å². The molecule has 0 bridgehead atoms. The lowest BCUT2D eigenvalue weighted by atomic mass is 9.79. The van der Waals surface area contributed by atoms with Crippen molar-refractivity contribution in [3.63, 3.8) is 0 Å². The summed E-state index contributed by atoms with van der Waals surface area (Å²) < 4.78 is 11.7. The highest BCUT2D eigenvalue weighted by molar-refractivity contribution is 6.00. The Hall–Kier alpha value is -2.64. The highest BCUT2D eigenvalue weighted by Crippen LogP contribution is 2.44. The predicted molar refractivity (Wildman–Crippen MR) is 137 cm³/mol. The first kappa shape index (κ1) is 22.8. The summed E-state index contributed by atoms with van der Waals surface area (Å²) >= 11 is 0. The van der Waals surface area contributed by atoms with Crippen molar-refractivity contribution >= 4 is 28.8 Å². The van der Waals surface area contributed by atoms with Crippen molar-refractivity contribution in [1.82, 2.24) is 4.98 Å². The van der Waals surface area contributed by atoms with Gasteiger partial charge in [0.25, 0.3) is 0 Å². The van der Waals surface area contributed by atoms with Crippen LogP contribution in [0.15, 0.2) is 36.5 Å².